The number of rotatable bonds is 8. The average Bonchev–Trinajstić information content (AvgIpc) is 2.93. The fourth-order valence-electron chi connectivity index (χ4n) is 4.36. The Morgan fingerprint density at radius 3 is 2.64 bits per heavy atom. The van der Waals surface area contributed by atoms with Crippen LogP contribution in [0.4, 0.5) is 4.39 Å². The Labute approximate surface area is 226 Å². The van der Waals surface area contributed by atoms with Crippen molar-refractivity contribution < 1.29 is 42.7 Å². The zero-order chi connectivity index (χ0) is 27.7. The normalized spacial score (nSPS) is 18.0. The lowest BCUT2D eigenvalue weighted by molar-refractivity contribution is -0.386. The van der Waals surface area contributed by atoms with Crippen LogP contribution in [0.3, 0.4) is 0 Å². The minimum atomic E-state index is -1.41. The van der Waals surface area contributed by atoms with Gasteiger partial charge in [-0.2, -0.15) is 0 Å². The first-order chi connectivity index (χ1) is 18.8. The molecule has 0 saturated heterocycles. The number of hydrogen-bond acceptors (Lipinski definition) is 7. The van der Waals surface area contributed by atoms with Gasteiger partial charge in [0.1, 0.15) is 12.4 Å². The van der Waals surface area contributed by atoms with Crippen LogP contribution in [0.1, 0.15) is 18.1 Å². The van der Waals surface area contributed by atoms with E-state index in [2.05, 4.69) is 4.99 Å². The number of benzene rings is 2. The van der Waals surface area contributed by atoms with Crippen molar-refractivity contribution in [3.63, 3.8) is 0 Å². The highest BCUT2D eigenvalue weighted by Gasteiger charge is 2.53. The Hall–Kier alpha value is -4.57. The van der Waals surface area contributed by atoms with Crippen molar-refractivity contribution in [1.29, 1.82) is 0 Å². The summed E-state index contributed by atoms with van der Waals surface area (Å²) in [6.45, 7) is 1.61. The summed E-state index contributed by atoms with van der Waals surface area (Å²) in [6.07, 6.45) is 1.54. The van der Waals surface area contributed by atoms with Crippen LogP contribution < -0.4 is 0 Å². The van der Waals surface area contributed by atoms with E-state index in [9.17, 15) is 23.9 Å². The molecule has 11 heteroatoms. The van der Waals surface area contributed by atoms with Gasteiger partial charge in [0.25, 0.3) is 11.5 Å². The molecule has 3 aliphatic rings. The number of aliphatic carboxylic acids is 1. The van der Waals surface area contributed by atoms with Crippen molar-refractivity contribution in [2.24, 2.45) is 4.99 Å². The molecule has 0 radical (unpaired) electrons. The smallest absolute Gasteiger partial charge is 0.436 e. The number of carboxylic acids is 1. The lowest BCUT2D eigenvalue weighted by atomic mass is 9.89. The second kappa shape index (κ2) is 10.7. The van der Waals surface area contributed by atoms with Gasteiger partial charge >= 0.3 is 17.8 Å². The SMILES string of the molecule is CCOC(=O)C1=C(OCc2ccccc2)C2=NC=C(Cc3ccc(F)c(Cl)c3)C3OC(C(=O)O)=C[N+](=C23)C1=O. The molecule has 2 aromatic carbocycles. The molecule has 1 atom stereocenters. The number of amides is 1. The summed E-state index contributed by atoms with van der Waals surface area (Å²) in [5.41, 5.74) is 1.76. The Bertz CT molecular complexity index is 1560. The third kappa shape index (κ3) is 4.98. The molecule has 2 aromatic rings. The highest BCUT2D eigenvalue weighted by atomic mass is 35.5. The van der Waals surface area contributed by atoms with E-state index in [4.69, 9.17) is 25.8 Å². The van der Waals surface area contributed by atoms with Crippen LogP contribution in [-0.2, 0) is 41.6 Å². The maximum Gasteiger partial charge on any atom is 0.436 e. The van der Waals surface area contributed by atoms with Crippen LogP contribution in [0.2, 0.25) is 5.02 Å². The van der Waals surface area contributed by atoms with Gasteiger partial charge in [-0.15, -0.1) is 4.58 Å². The number of nitrogens with zero attached hydrogens (tertiary/aromatic N) is 2. The summed E-state index contributed by atoms with van der Waals surface area (Å²) in [6, 6.07) is 13.3. The Kier molecular flexibility index (Phi) is 7.12. The molecule has 39 heavy (non-hydrogen) atoms. The van der Waals surface area contributed by atoms with Crippen LogP contribution in [0, 0.1) is 5.82 Å². The van der Waals surface area contributed by atoms with E-state index in [0.717, 1.165) is 16.3 Å². The summed E-state index contributed by atoms with van der Waals surface area (Å²) in [5.74, 6) is -4.39. The molecule has 1 unspecified atom stereocenters. The average molecular weight is 552 g/mol. The molecular formula is C28H21ClFN2O7+. The third-order valence-electron chi connectivity index (χ3n) is 6.12. The lowest BCUT2D eigenvalue weighted by Crippen LogP contribution is -2.51. The standard InChI is InChI=1S/C28H20ClFN2O7/c1-2-37-28(36)21-25(38-14-15-6-4-3-5-7-15)22-23-24(39-20(27(34)35)13-32(23)26(21)33)17(12-31-22)10-16-8-9-19(30)18(29)11-16/h3-9,11-13,24H,2,10,14H2,1H3/p+1. The van der Waals surface area contributed by atoms with Gasteiger partial charge in [0.05, 0.1) is 11.6 Å². The molecule has 0 aliphatic carbocycles. The van der Waals surface area contributed by atoms with Gasteiger partial charge < -0.3 is 19.3 Å². The molecule has 1 amide bonds. The van der Waals surface area contributed by atoms with Crippen molar-refractivity contribution in [3.05, 3.63) is 106 Å². The van der Waals surface area contributed by atoms with Crippen LogP contribution in [-0.4, -0.2) is 51.7 Å². The van der Waals surface area contributed by atoms with Crippen molar-refractivity contribution in [3.8, 4) is 0 Å². The molecule has 3 aliphatic heterocycles. The maximum absolute atomic E-state index is 13.7. The summed E-state index contributed by atoms with van der Waals surface area (Å²) in [5, 5.41) is 9.62. The highest BCUT2D eigenvalue weighted by molar-refractivity contribution is 6.52. The number of esters is 1. The largest absolute Gasteiger partial charge is 0.485 e. The summed E-state index contributed by atoms with van der Waals surface area (Å²) >= 11 is 5.94. The quantitative estimate of drug-likeness (QED) is 0.302. The van der Waals surface area contributed by atoms with Crippen molar-refractivity contribution in [2.75, 3.05) is 6.61 Å². The first kappa shape index (κ1) is 26.1. The Balaban J connectivity index is 1.64. The first-order valence-corrected chi connectivity index (χ1v) is 12.3. The predicted molar refractivity (Wildman–Crippen MR) is 136 cm³/mol. The number of carbonyl (C=O) groups is 3. The number of carboxylic acid groups (broad SMARTS) is 1. The van der Waals surface area contributed by atoms with Crippen LogP contribution in [0.25, 0.3) is 0 Å². The van der Waals surface area contributed by atoms with Crippen LogP contribution in [0.15, 0.2) is 88.6 Å². The van der Waals surface area contributed by atoms with E-state index in [-0.39, 0.29) is 41.8 Å². The van der Waals surface area contributed by atoms with E-state index in [0.29, 0.717) is 11.1 Å². The molecular weight excluding hydrogens is 531 g/mol. The van der Waals surface area contributed by atoms with Crippen molar-refractivity contribution >= 4 is 40.9 Å². The maximum atomic E-state index is 13.7. The van der Waals surface area contributed by atoms with Gasteiger partial charge in [0, 0.05) is 11.8 Å². The molecule has 3 heterocycles. The molecule has 1 N–H and O–H groups in total. The van der Waals surface area contributed by atoms with Crippen LogP contribution >= 0.6 is 11.6 Å². The number of aliphatic imine (C=N–C) groups is 1. The van der Waals surface area contributed by atoms with Crippen molar-refractivity contribution in [1.82, 2.24) is 0 Å². The number of hydrogen-bond donors (Lipinski definition) is 1. The van der Waals surface area contributed by atoms with Gasteiger partial charge in [-0.25, -0.2) is 23.8 Å². The number of halogens is 2. The Morgan fingerprint density at radius 2 is 1.95 bits per heavy atom. The fourth-order valence-corrected chi connectivity index (χ4v) is 4.56. The van der Waals surface area contributed by atoms with Gasteiger partial charge in [0.2, 0.25) is 17.9 Å². The third-order valence-corrected chi connectivity index (χ3v) is 6.41. The second-order valence-electron chi connectivity index (χ2n) is 8.66. The molecule has 5 rings (SSSR count). The molecule has 0 spiro atoms. The summed E-state index contributed by atoms with van der Waals surface area (Å²) in [4.78, 5) is 43.1. The van der Waals surface area contributed by atoms with Crippen molar-refractivity contribution in [2.45, 2.75) is 26.1 Å². The minimum absolute atomic E-state index is 0.00312. The van der Waals surface area contributed by atoms with Gasteiger partial charge in [-0.1, -0.05) is 48.0 Å². The number of carbonyl (C=O) groups excluding carboxylic acids is 2. The topological polar surface area (TPSA) is 114 Å². The van der Waals surface area contributed by atoms with E-state index in [1.54, 1.807) is 6.92 Å². The molecule has 198 valence electrons. The second-order valence-corrected chi connectivity index (χ2v) is 9.07. The molecule has 0 fully saturated rings. The zero-order valence-corrected chi connectivity index (χ0v) is 21.3. The van der Waals surface area contributed by atoms with Gasteiger partial charge in [-0.3, -0.25) is 0 Å². The predicted octanol–water partition coefficient (Wildman–Crippen LogP) is 3.71. The highest BCUT2D eigenvalue weighted by Crippen LogP contribution is 2.32. The Morgan fingerprint density at radius 1 is 1.18 bits per heavy atom. The molecule has 9 nitrogen and oxygen atoms in total. The molecule has 0 saturated carbocycles. The summed E-state index contributed by atoms with van der Waals surface area (Å²) < 4.78 is 31.7. The van der Waals surface area contributed by atoms with E-state index in [1.165, 1.54) is 24.4 Å². The minimum Gasteiger partial charge on any atom is -0.485 e. The fraction of sp³-hybridized carbons (Fsp3) is 0.179. The van der Waals surface area contributed by atoms with E-state index >= 15 is 0 Å². The van der Waals surface area contributed by atoms with Crippen LogP contribution in [0.5, 0.6) is 0 Å². The first-order valence-electron chi connectivity index (χ1n) is 11.9. The summed E-state index contributed by atoms with van der Waals surface area (Å²) in [7, 11) is 0. The van der Waals surface area contributed by atoms with E-state index in [1.807, 2.05) is 30.3 Å². The zero-order valence-electron chi connectivity index (χ0n) is 20.5. The molecule has 0 bridgehead atoms. The van der Waals surface area contributed by atoms with Gasteiger partial charge in [-0.05, 0) is 36.6 Å². The number of allylic oxidation sites excluding steroid dienone is 1. The van der Waals surface area contributed by atoms with Gasteiger partial charge in [0.15, 0.2) is 11.5 Å². The van der Waals surface area contributed by atoms with E-state index < -0.39 is 41.1 Å². The molecule has 0 aromatic heterocycles. The number of ether oxygens (including phenoxy) is 3. The monoisotopic (exact) mass is 551 g/mol. The lowest BCUT2D eigenvalue weighted by Gasteiger charge is -2.30.